The van der Waals surface area contributed by atoms with Crippen LogP contribution in [-0.2, 0) is 31.7 Å². The Balaban J connectivity index is 1.54. The van der Waals surface area contributed by atoms with Crippen molar-refractivity contribution in [2.75, 3.05) is 12.3 Å². The molecule has 32 heavy (non-hydrogen) atoms. The summed E-state index contributed by atoms with van der Waals surface area (Å²) in [5.41, 5.74) is 0.832. The summed E-state index contributed by atoms with van der Waals surface area (Å²) in [5, 5.41) is 12.0. The molecule has 1 heterocycles. The van der Waals surface area contributed by atoms with E-state index in [0.717, 1.165) is 5.56 Å². The standard InChI is InChI=1S/C23H26N2O6S/c26-21(24-19(22(27)28)13-15-32(30)18-10-5-2-6-11-18)20-12-7-14-25(20)23(29)31-16-17-8-3-1-4-9-17/h1-6,8-11,19-20H,7,12-16H2,(H,24,26)(H,27,28)/t19-,20+,32+/m0/s1. The van der Waals surface area contributed by atoms with E-state index in [0.29, 0.717) is 24.3 Å². The molecule has 3 atom stereocenters. The highest BCUT2D eigenvalue weighted by molar-refractivity contribution is 7.85. The van der Waals surface area contributed by atoms with Crippen molar-refractivity contribution in [3.8, 4) is 0 Å². The van der Waals surface area contributed by atoms with Crippen molar-refractivity contribution in [1.82, 2.24) is 10.2 Å². The molecular weight excluding hydrogens is 432 g/mol. The lowest BCUT2D eigenvalue weighted by atomic mass is 10.1. The predicted octanol–water partition coefficient (Wildman–Crippen LogP) is 2.55. The maximum absolute atomic E-state index is 12.8. The number of amides is 2. The van der Waals surface area contributed by atoms with Crippen LogP contribution in [0.4, 0.5) is 4.79 Å². The monoisotopic (exact) mass is 458 g/mol. The number of hydrogen-bond donors (Lipinski definition) is 2. The van der Waals surface area contributed by atoms with Crippen molar-refractivity contribution < 1.29 is 28.4 Å². The molecular formula is C23H26N2O6S. The second-order valence-electron chi connectivity index (χ2n) is 7.44. The van der Waals surface area contributed by atoms with E-state index in [1.165, 1.54) is 4.90 Å². The molecule has 1 aliphatic heterocycles. The van der Waals surface area contributed by atoms with Crippen LogP contribution in [0.25, 0.3) is 0 Å². The van der Waals surface area contributed by atoms with Gasteiger partial charge in [0, 0.05) is 17.2 Å². The molecule has 0 bridgehead atoms. The molecule has 2 aromatic carbocycles. The summed E-state index contributed by atoms with van der Waals surface area (Å²) in [7, 11) is -1.37. The summed E-state index contributed by atoms with van der Waals surface area (Å²) >= 11 is 0. The van der Waals surface area contributed by atoms with Crippen LogP contribution in [0.3, 0.4) is 0 Å². The van der Waals surface area contributed by atoms with Crippen molar-refractivity contribution in [3.63, 3.8) is 0 Å². The van der Waals surface area contributed by atoms with Crippen LogP contribution >= 0.6 is 0 Å². The molecule has 8 nitrogen and oxygen atoms in total. The van der Waals surface area contributed by atoms with Gasteiger partial charge in [0.1, 0.15) is 18.7 Å². The number of carboxylic acid groups (broad SMARTS) is 1. The van der Waals surface area contributed by atoms with E-state index in [4.69, 9.17) is 4.74 Å². The minimum absolute atomic E-state index is 0.00769. The maximum Gasteiger partial charge on any atom is 0.410 e. The van der Waals surface area contributed by atoms with Crippen LogP contribution in [0.5, 0.6) is 0 Å². The number of ether oxygens (including phenoxy) is 1. The first-order valence-electron chi connectivity index (χ1n) is 10.4. The first kappa shape index (κ1) is 23.5. The zero-order valence-corrected chi connectivity index (χ0v) is 18.3. The molecule has 0 saturated carbocycles. The lowest BCUT2D eigenvalue weighted by Gasteiger charge is -2.25. The SMILES string of the molecule is O=C(O)[C@H](CC[S@@](=O)c1ccccc1)NC(=O)[C@H]1CCCN1C(=O)OCc1ccccc1. The molecule has 1 aliphatic rings. The van der Waals surface area contributed by atoms with E-state index >= 15 is 0 Å². The Morgan fingerprint density at radius 2 is 1.75 bits per heavy atom. The first-order chi connectivity index (χ1) is 15.5. The van der Waals surface area contributed by atoms with Gasteiger partial charge in [0.05, 0.1) is 10.8 Å². The smallest absolute Gasteiger partial charge is 0.410 e. The van der Waals surface area contributed by atoms with Crippen LogP contribution in [0, 0.1) is 0 Å². The zero-order valence-electron chi connectivity index (χ0n) is 17.5. The van der Waals surface area contributed by atoms with Crippen LogP contribution in [0.15, 0.2) is 65.6 Å². The van der Waals surface area contributed by atoms with Gasteiger partial charge < -0.3 is 15.2 Å². The molecule has 0 unspecified atom stereocenters. The molecule has 2 N–H and O–H groups in total. The number of carbonyl (C=O) groups excluding carboxylic acids is 2. The van der Waals surface area contributed by atoms with Gasteiger partial charge in [-0.1, -0.05) is 48.5 Å². The molecule has 2 amide bonds. The van der Waals surface area contributed by atoms with Crippen molar-refractivity contribution >= 4 is 28.8 Å². The van der Waals surface area contributed by atoms with Gasteiger partial charge in [-0.25, -0.2) is 9.59 Å². The van der Waals surface area contributed by atoms with E-state index in [1.807, 2.05) is 30.3 Å². The third-order valence-electron chi connectivity index (χ3n) is 5.21. The normalized spacial score (nSPS) is 17.4. The Morgan fingerprint density at radius 1 is 1.09 bits per heavy atom. The molecule has 2 aromatic rings. The number of aliphatic carboxylic acids is 1. The van der Waals surface area contributed by atoms with Gasteiger partial charge in [-0.3, -0.25) is 13.9 Å². The van der Waals surface area contributed by atoms with Gasteiger partial charge >= 0.3 is 12.1 Å². The lowest BCUT2D eigenvalue weighted by molar-refractivity contribution is -0.142. The Kier molecular flexibility index (Phi) is 8.38. The van der Waals surface area contributed by atoms with Gasteiger partial charge in [0.25, 0.3) is 0 Å². The fraction of sp³-hybridized carbons (Fsp3) is 0.348. The third kappa shape index (κ3) is 6.40. The summed E-state index contributed by atoms with van der Waals surface area (Å²) in [6.07, 6.45) is 0.444. The quantitative estimate of drug-likeness (QED) is 0.597. The summed E-state index contributed by atoms with van der Waals surface area (Å²) in [6, 6.07) is 16.0. The fourth-order valence-electron chi connectivity index (χ4n) is 3.50. The number of benzene rings is 2. The second kappa shape index (κ2) is 11.4. The number of hydrogen-bond acceptors (Lipinski definition) is 5. The Hall–Kier alpha value is -3.20. The van der Waals surface area contributed by atoms with E-state index < -0.39 is 40.9 Å². The van der Waals surface area contributed by atoms with Gasteiger partial charge in [0.15, 0.2) is 0 Å². The summed E-state index contributed by atoms with van der Waals surface area (Å²) in [6.45, 7) is 0.453. The molecule has 0 aliphatic carbocycles. The topological polar surface area (TPSA) is 113 Å². The number of rotatable bonds is 9. The minimum atomic E-state index is -1.37. The number of likely N-dealkylation sites (tertiary alicyclic amines) is 1. The molecule has 170 valence electrons. The largest absolute Gasteiger partial charge is 0.480 e. The lowest BCUT2D eigenvalue weighted by Crippen LogP contribution is -2.51. The van der Waals surface area contributed by atoms with Gasteiger partial charge in [0.2, 0.25) is 5.91 Å². The third-order valence-corrected chi connectivity index (χ3v) is 6.61. The summed E-state index contributed by atoms with van der Waals surface area (Å²) in [4.78, 5) is 38.8. The predicted molar refractivity (Wildman–Crippen MR) is 118 cm³/mol. The van der Waals surface area contributed by atoms with Crippen molar-refractivity contribution in [1.29, 1.82) is 0 Å². The van der Waals surface area contributed by atoms with Gasteiger partial charge in [-0.05, 0) is 37.0 Å². The first-order valence-corrected chi connectivity index (χ1v) is 11.7. The van der Waals surface area contributed by atoms with Gasteiger partial charge in [-0.15, -0.1) is 0 Å². The zero-order chi connectivity index (χ0) is 22.9. The van der Waals surface area contributed by atoms with Crippen molar-refractivity contribution in [2.45, 2.75) is 42.8 Å². The highest BCUT2D eigenvalue weighted by Gasteiger charge is 2.36. The van der Waals surface area contributed by atoms with Crippen LogP contribution in [0.1, 0.15) is 24.8 Å². The number of carboxylic acids is 1. The molecule has 9 heteroatoms. The maximum atomic E-state index is 12.8. The highest BCUT2D eigenvalue weighted by Crippen LogP contribution is 2.19. The van der Waals surface area contributed by atoms with E-state index in [1.54, 1.807) is 30.3 Å². The van der Waals surface area contributed by atoms with Crippen LogP contribution < -0.4 is 5.32 Å². The Labute approximate surface area is 189 Å². The van der Waals surface area contributed by atoms with E-state index in [2.05, 4.69) is 5.32 Å². The summed E-state index contributed by atoms with van der Waals surface area (Å²) in [5.74, 6) is -1.66. The van der Waals surface area contributed by atoms with Crippen LogP contribution in [0.2, 0.25) is 0 Å². The average molecular weight is 459 g/mol. The molecule has 0 aromatic heterocycles. The molecule has 3 rings (SSSR count). The highest BCUT2D eigenvalue weighted by atomic mass is 32.2. The van der Waals surface area contributed by atoms with Crippen molar-refractivity contribution in [3.05, 3.63) is 66.2 Å². The second-order valence-corrected chi connectivity index (χ2v) is 9.01. The van der Waals surface area contributed by atoms with Gasteiger partial charge in [-0.2, -0.15) is 0 Å². The Bertz CT molecular complexity index is 953. The molecule has 0 radical (unpaired) electrons. The fourth-order valence-corrected chi connectivity index (χ4v) is 4.65. The Morgan fingerprint density at radius 3 is 2.41 bits per heavy atom. The number of nitrogens with one attached hydrogen (secondary N) is 1. The van der Waals surface area contributed by atoms with Crippen molar-refractivity contribution in [2.24, 2.45) is 0 Å². The average Bonchev–Trinajstić information content (AvgIpc) is 3.31. The summed E-state index contributed by atoms with van der Waals surface area (Å²) < 4.78 is 17.7. The minimum Gasteiger partial charge on any atom is -0.480 e. The molecule has 1 saturated heterocycles. The molecule has 1 fully saturated rings. The number of carbonyl (C=O) groups is 3. The number of nitrogens with zero attached hydrogens (tertiary/aromatic N) is 1. The molecule has 0 spiro atoms. The van der Waals surface area contributed by atoms with E-state index in [-0.39, 0.29) is 18.8 Å². The van der Waals surface area contributed by atoms with E-state index in [9.17, 15) is 23.7 Å². The van der Waals surface area contributed by atoms with Crippen LogP contribution in [-0.4, -0.2) is 56.6 Å².